The lowest BCUT2D eigenvalue weighted by molar-refractivity contribution is -0.136. The van der Waals surface area contributed by atoms with E-state index in [0.717, 1.165) is 21.6 Å². The molecule has 0 aromatic heterocycles. The van der Waals surface area contributed by atoms with Crippen molar-refractivity contribution >= 4 is 27.6 Å². The number of sulfone groups is 1. The van der Waals surface area contributed by atoms with Crippen molar-refractivity contribution in [1.82, 2.24) is 0 Å². The predicted octanol–water partition coefficient (Wildman–Crippen LogP) is 6.47. The minimum atomic E-state index is -3.26. The van der Waals surface area contributed by atoms with Crippen LogP contribution >= 0.6 is 11.8 Å². The maximum atomic E-state index is 11.8. The molecule has 0 spiro atoms. The Morgan fingerprint density at radius 2 is 1.57 bits per heavy atom. The van der Waals surface area contributed by atoms with E-state index in [1.807, 2.05) is 48.5 Å². The number of aliphatic carboxylic acids is 1. The third-order valence-electron chi connectivity index (χ3n) is 5.30. The maximum absolute atomic E-state index is 11.8. The van der Waals surface area contributed by atoms with Crippen molar-refractivity contribution in [2.45, 2.75) is 22.0 Å². The molecular weight excluding hydrogens is 480 g/mol. The summed E-state index contributed by atoms with van der Waals surface area (Å²) < 4.78 is 29.8. The monoisotopic (exact) mass is 504 g/mol. The SMILES string of the molecule is CS(=O)(=O)c1ccc(-c2ccc(Oc3cccc(CC(=O)O)c3)c(CSc3ccccc3)c2)cc1. The number of rotatable bonds is 9. The summed E-state index contributed by atoms with van der Waals surface area (Å²) in [6.45, 7) is 0. The van der Waals surface area contributed by atoms with Gasteiger partial charge in [0.15, 0.2) is 9.84 Å². The van der Waals surface area contributed by atoms with Crippen LogP contribution < -0.4 is 4.74 Å². The van der Waals surface area contributed by atoms with Crippen LogP contribution in [0.5, 0.6) is 11.5 Å². The van der Waals surface area contributed by atoms with Crippen LogP contribution in [0.15, 0.2) is 107 Å². The molecule has 4 aromatic rings. The zero-order chi connectivity index (χ0) is 24.8. The van der Waals surface area contributed by atoms with E-state index in [2.05, 4.69) is 0 Å². The van der Waals surface area contributed by atoms with Crippen molar-refractivity contribution in [2.24, 2.45) is 0 Å². The lowest BCUT2D eigenvalue weighted by atomic mass is 10.0. The molecule has 0 saturated carbocycles. The van der Waals surface area contributed by atoms with Gasteiger partial charge in [-0.05, 0) is 65.2 Å². The summed E-state index contributed by atoms with van der Waals surface area (Å²) in [4.78, 5) is 12.5. The second-order valence-electron chi connectivity index (χ2n) is 8.04. The van der Waals surface area contributed by atoms with Crippen LogP contribution in [-0.2, 0) is 26.8 Å². The first kappa shape index (κ1) is 24.6. The summed E-state index contributed by atoms with van der Waals surface area (Å²) in [5, 5.41) is 9.09. The van der Waals surface area contributed by atoms with Crippen molar-refractivity contribution in [1.29, 1.82) is 0 Å². The Morgan fingerprint density at radius 3 is 2.26 bits per heavy atom. The Balaban J connectivity index is 1.65. The average molecular weight is 505 g/mol. The average Bonchev–Trinajstić information content (AvgIpc) is 2.83. The molecule has 7 heteroatoms. The molecule has 4 aromatic carbocycles. The van der Waals surface area contributed by atoms with E-state index in [1.165, 1.54) is 6.26 Å². The van der Waals surface area contributed by atoms with Crippen molar-refractivity contribution < 1.29 is 23.1 Å². The molecule has 4 rings (SSSR count). The highest BCUT2D eigenvalue weighted by atomic mass is 32.2. The summed E-state index contributed by atoms with van der Waals surface area (Å²) in [5.74, 6) is 1.01. The highest BCUT2D eigenvalue weighted by Gasteiger charge is 2.12. The zero-order valence-corrected chi connectivity index (χ0v) is 20.7. The van der Waals surface area contributed by atoms with Gasteiger partial charge in [-0.25, -0.2) is 8.42 Å². The van der Waals surface area contributed by atoms with Gasteiger partial charge in [-0.15, -0.1) is 11.8 Å². The standard InChI is InChI=1S/C28H24O5S2/c1-35(31,32)26-13-10-21(11-14-26)22-12-15-27(23(18-22)19-34-25-8-3-2-4-9-25)33-24-7-5-6-20(16-24)17-28(29)30/h2-16,18H,17,19H2,1H3,(H,29,30). The summed E-state index contributed by atoms with van der Waals surface area (Å²) in [5.41, 5.74) is 3.48. The van der Waals surface area contributed by atoms with Crippen molar-refractivity contribution in [3.63, 3.8) is 0 Å². The molecule has 0 atom stereocenters. The fraction of sp³-hybridized carbons (Fsp3) is 0.107. The smallest absolute Gasteiger partial charge is 0.307 e. The summed E-state index contributed by atoms with van der Waals surface area (Å²) >= 11 is 1.68. The molecule has 0 fully saturated rings. The first-order chi connectivity index (χ1) is 16.8. The molecule has 0 aliphatic heterocycles. The minimum Gasteiger partial charge on any atom is -0.481 e. The van der Waals surface area contributed by atoms with Gasteiger partial charge in [0.1, 0.15) is 11.5 Å². The number of benzene rings is 4. The fourth-order valence-corrected chi connectivity index (χ4v) is 5.09. The molecular formula is C28H24O5S2. The molecule has 35 heavy (non-hydrogen) atoms. The van der Waals surface area contributed by atoms with Crippen LogP contribution in [0.4, 0.5) is 0 Å². The summed E-state index contributed by atoms with van der Waals surface area (Å²) in [6, 6.07) is 29.8. The molecule has 1 N–H and O–H groups in total. The number of ether oxygens (including phenoxy) is 1. The van der Waals surface area contributed by atoms with Crippen LogP contribution in [0.25, 0.3) is 11.1 Å². The fourth-order valence-electron chi connectivity index (χ4n) is 3.56. The van der Waals surface area contributed by atoms with Gasteiger partial charge >= 0.3 is 5.97 Å². The number of hydrogen-bond acceptors (Lipinski definition) is 5. The van der Waals surface area contributed by atoms with Crippen molar-refractivity contribution in [2.75, 3.05) is 6.26 Å². The van der Waals surface area contributed by atoms with Crippen molar-refractivity contribution in [3.8, 4) is 22.6 Å². The zero-order valence-electron chi connectivity index (χ0n) is 19.0. The third-order valence-corrected chi connectivity index (χ3v) is 7.48. The molecule has 0 saturated heterocycles. The molecule has 0 radical (unpaired) electrons. The molecule has 0 bridgehead atoms. The maximum Gasteiger partial charge on any atom is 0.307 e. The molecule has 5 nitrogen and oxygen atoms in total. The Hall–Kier alpha value is -3.55. The molecule has 0 amide bonds. The number of carbonyl (C=O) groups is 1. The highest BCUT2D eigenvalue weighted by Crippen LogP contribution is 2.35. The van der Waals surface area contributed by atoms with E-state index < -0.39 is 15.8 Å². The van der Waals surface area contributed by atoms with Gasteiger partial charge in [-0.3, -0.25) is 4.79 Å². The Labute approximate surface area is 209 Å². The van der Waals surface area contributed by atoms with Gasteiger partial charge in [-0.1, -0.05) is 48.5 Å². The number of hydrogen-bond donors (Lipinski definition) is 1. The van der Waals surface area contributed by atoms with Crippen molar-refractivity contribution in [3.05, 3.63) is 108 Å². The molecule has 0 aliphatic carbocycles. The predicted molar refractivity (Wildman–Crippen MR) is 139 cm³/mol. The first-order valence-electron chi connectivity index (χ1n) is 10.9. The number of carboxylic acid groups (broad SMARTS) is 1. The highest BCUT2D eigenvalue weighted by molar-refractivity contribution is 7.98. The van der Waals surface area contributed by atoms with Gasteiger partial charge in [0.25, 0.3) is 0 Å². The molecule has 0 heterocycles. The van der Waals surface area contributed by atoms with Crippen LogP contribution in [0.2, 0.25) is 0 Å². The van der Waals surface area contributed by atoms with Gasteiger partial charge < -0.3 is 9.84 Å². The quantitative estimate of drug-likeness (QED) is 0.263. The third kappa shape index (κ3) is 6.74. The van der Waals surface area contributed by atoms with E-state index in [0.29, 0.717) is 22.8 Å². The van der Waals surface area contributed by atoms with Crippen LogP contribution in [-0.4, -0.2) is 25.7 Å². The van der Waals surface area contributed by atoms with Crippen LogP contribution in [0, 0.1) is 0 Å². The van der Waals surface area contributed by atoms with Gasteiger partial charge in [0, 0.05) is 22.5 Å². The van der Waals surface area contributed by atoms with E-state index in [-0.39, 0.29) is 11.3 Å². The Bertz CT molecular complexity index is 1430. The normalized spacial score (nSPS) is 11.2. The lowest BCUT2D eigenvalue weighted by Gasteiger charge is -2.14. The summed E-state index contributed by atoms with van der Waals surface area (Å²) in [6.07, 6.45) is 1.12. The second kappa shape index (κ2) is 10.8. The Kier molecular flexibility index (Phi) is 7.58. The second-order valence-corrected chi connectivity index (χ2v) is 11.1. The minimum absolute atomic E-state index is 0.0731. The first-order valence-corrected chi connectivity index (χ1v) is 13.8. The largest absolute Gasteiger partial charge is 0.481 e. The van der Waals surface area contributed by atoms with E-state index in [1.54, 1.807) is 60.3 Å². The molecule has 0 aliphatic rings. The topological polar surface area (TPSA) is 80.7 Å². The van der Waals surface area contributed by atoms with Crippen LogP contribution in [0.3, 0.4) is 0 Å². The van der Waals surface area contributed by atoms with Crippen LogP contribution in [0.1, 0.15) is 11.1 Å². The number of carboxylic acids is 1. The van der Waals surface area contributed by atoms with Gasteiger partial charge in [-0.2, -0.15) is 0 Å². The van der Waals surface area contributed by atoms with Gasteiger partial charge in [0.05, 0.1) is 11.3 Å². The molecule has 0 unspecified atom stereocenters. The Morgan fingerprint density at radius 1 is 0.857 bits per heavy atom. The lowest BCUT2D eigenvalue weighted by Crippen LogP contribution is -2.00. The molecule has 178 valence electrons. The summed E-state index contributed by atoms with van der Waals surface area (Å²) in [7, 11) is -3.26. The van der Waals surface area contributed by atoms with E-state index in [9.17, 15) is 13.2 Å². The number of thioether (sulfide) groups is 1. The van der Waals surface area contributed by atoms with E-state index >= 15 is 0 Å². The van der Waals surface area contributed by atoms with Gasteiger partial charge in [0.2, 0.25) is 0 Å². The van der Waals surface area contributed by atoms with E-state index in [4.69, 9.17) is 9.84 Å².